The second-order valence-corrected chi connectivity index (χ2v) is 8.61. The van der Waals surface area contributed by atoms with Crippen molar-refractivity contribution in [2.75, 3.05) is 27.9 Å². The van der Waals surface area contributed by atoms with Crippen molar-refractivity contribution in [1.82, 2.24) is 20.1 Å². The number of nitrogens with one attached hydrogen (secondary N) is 1. The van der Waals surface area contributed by atoms with Crippen molar-refractivity contribution in [3.05, 3.63) is 71.9 Å². The van der Waals surface area contributed by atoms with Crippen LogP contribution in [0.4, 0.5) is 0 Å². The zero-order valence-electron chi connectivity index (χ0n) is 20.0. The molecule has 1 aliphatic rings. The summed E-state index contributed by atoms with van der Waals surface area (Å²) < 4.78 is 18.6. The van der Waals surface area contributed by atoms with Crippen LogP contribution in [0.1, 0.15) is 11.1 Å². The Hall–Kier alpha value is -4.10. The lowest BCUT2D eigenvalue weighted by Gasteiger charge is -2.18. The fourth-order valence-electron chi connectivity index (χ4n) is 4.87. The molecule has 0 bridgehead atoms. The van der Waals surface area contributed by atoms with Gasteiger partial charge in [-0.3, -0.25) is 4.98 Å². The van der Waals surface area contributed by atoms with Crippen molar-refractivity contribution in [1.29, 1.82) is 0 Å². The van der Waals surface area contributed by atoms with Gasteiger partial charge in [0.25, 0.3) is 0 Å². The Morgan fingerprint density at radius 3 is 2.54 bits per heavy atom. The Balaban J connectivity index is 1.65. The predicted octanol–water partition coefficient (Wildman–Crippen LogP) is 4.91. The van der Waals surface area contributed by atoms with E-state index in [0.717, 1.165) is 64.0 Å². The minimum atomic E-state index is 0.656. The zero-order chi connectivity index (χ0) is 23.9. The van der Waals surface area contributed by atoms with Crippen LogP contribution in [0.5, 0.6) is 17.2 Å². The van der Waals surface area contributed by atoms with Gasteiger partial charge in [-0.1, -0.05) is 6.07 Å². The van der Waals surface area contributed by atoms with Gasteiger partial charge < -0.3 is 19.5 Å². The number of fused-ring (bicyclic) bond motifs is 4. The number of pyridine rings is 1. The number of benzene rings is 3. The van der Waals surface area contributed by atoms with Crippen LogP contribution in [0.15, 0.2) is 60.8 Å². The number of methoxy groups -OCH3 is 3. The highest BCUT2D eigenvalue weighted by Gasteiger charge is 2.20. The Labute approximate surface area is 203 Å². The summed E-state index contributed by atoms with van der Waals surface area (Å²) in [6.07, 6.45) is 2.94. The smallest absolute Gasteiger partial charge is 0.161 e. The molecule has 176 valence electrons. The first-order valence-corrected chi connectivity index (χ1v) is 11.6. The van der Waals surface area contributed by atoms with E-state index in [9.17, 15) is 0 Å². The summed E-state index contributed by atoms with van der Waals surface area (Å²) in [5.41, 5.74) is 7.34. The maximum atomic E-state index is 5.57. The van der Waals surface area contributed by atoms with Gasteiger partial charge >= 0.3 is 0 Å². The minimum Gasteiger partial charge on any atom is -0.497 e. The summed E-state index contributed by atoms with van der Waals surface area (Å²) >= 11 is 0. The highest BCUT2D eigenvalue weighted by atomic mass is 16.5. The lowest BCUT2D eigenvalue weighted by Crippen LogP contribution is -2.23. The first-order chi connectivity index (χ1) is 17.2. The molecule has 0 spiro atoms. The van der Waals surface area contributed by atoms with Crippen molar-refractivity contribution in [3.8, 4) is 34.2 Å². The number of aromatic nitrogens is 3. The molecule has 0 saturated heterocycles. The van der Waals surface area contributed by atoms with Crippen LogP contribution < -0.4 is 19.5 Å². The summed E-state index contributed by atoms with van der Waals surface area (Å²) in [5.74, 6) is 2.11. The Kier molecular flexibility index (Phi) is 5.26. The summed E-state index contributed by atoms with van der Waals surface area (Å²) in [6, 6.07) is 18.4. The van der Waals surface area contributed by atoms with E-state index < -0.39 is 0 Å². The molecule has 0 unspecified atom stereocenters. The summed E-state index contributed by atoms with van der Waals surface area (Å²) in [5, 5.41) is 10.5. The van der Waals surface area contributed by atoms with E-state index in [1.165, 1.54) is 11.1 Å². The maximum absolute atomic E-state index is 5.57. The molecule has 0 aliphatic carbocycles. The molecule has 3 aromatic carbocycles. The van der Waals surface area contributed by atoms with Gasteiger partial charge in [-0.2, -0.15) is 5.10 Å². The molecule has 5 aromatic rings. The normalized spacial score (nSPS) is 13.1. The molecule has 0 saturated carbocycles. The molecule has 0 amide bonds. The fraction of sp³-hybridized carbons (Fsp3) is 0.214. The number of hydrogen-bond acceptors (Lipinski definition) is 6. The van der Waals surface area contributed by atoms with Crippen LogP contribution in [0.25, 0.3) is 38.8 Å². The molecule has 6 rings (SSSR count). The van der Waals surface area contributed by atoms with Crippen molar-refractivity contribution in [2.24, 2.45) is 0 Å². The topological polar surface area (TPSA) is 70.4 Å². The highest BCUT2D eigenvalue weighted by molar-refractivity contribution is 6.09. The van der Waals surface area contributed by atoms with Crippen LogP contribution in [0, 0.1) is 0 Å². The number of ether oxygens (including phenoxy) is 3. The van der Waals surface area contributed by atoms with Gasteiger partial charge in [-0.25, -0.2) is 4.68 Å². The van der Waals surface area contributed by atoms with Crippen molar-refractivity contribution in [2.45, 2.75) is 13.0 Å². The molecule has 7 nitrogen and oxygen atoms in total. The van der Waals surface area contributed by atoms with Crippen LogP contribution in [0.3, 0.4) is 0 Å². The van der Waals surface area contributed by atoms with Gasteiger partial charge in [0.2, 0.25) is 0 Å². The molecule has 2 aromatic heterocycles. The molecule has 0 radical (unpaired) electrons. The van der Waals surface area contributed by atoms with Gasteiger partial charge in [0.05, 0.1) is 38.1 Å². The van der Waals surface area contributed by atoms with Gasteiger partial charge in [-0.05, 0) is 72.6 Å². The van der Waals surface area contributed by atoms with E-state index >= 15 is 0 Å². The summed E-state index contributed by atoms with van der Waals surface area (Å²) in [6.45, 7) is 1.87. The lowest BCUT2D eigenvalue weighted by atomic mass is 10.0. The monoisotopic (exact) mass is 466 g/mol. The molecule has 1 N–H and O–H groups in total. The van der Waals surface area contributed by atoms with Crippen LogP contribution in [0.2, 0.25) is 0 Å². The molecular weight excluding hydrogens is 440 g/mol. The largest absolute Gasteiger partial charge is 0.497 e. The lowest BCUT2D eigenvalue weighted by molar-refractivity contribution is 0.355. The zero-order valence-corrected chi connectivity index (χ0v) is 20.0. The van der Waals surface area contributed by atoms with Gasteiger partial charge in [0.1, 0.15) is 11.4 Å². The minimum absolute atomic E-state index is 0.656. The average molecular weight is 467 g/mol. The average Bonchev–Trinajstić information content (AvgIpc) is 3.32. The quantitative estimate of drug-likeness (QED) is 0.397. The molecule has 7 heteroatoms. The van der Waals surface area contributed by atoms with E-state index in [0.29, 0.717) is 11.5 Å². The van der Waals surface area contributed by atoms with Crippen molar-refractivity contribution in [3.63, 3.8) is 0 Å². The molecule has 1 aliphatic heterocycles. The first kappa shape index (κ1) is 21.4. The molecule has 35 heavy (non-hydrogen) atoms. The van der Waals surface area contributed by atoms with E-state index in [1.54, 1.807) is 21.3 Å². The van der Waals surface area contributed by atoms with E-state index in [2.05, 4.69) is 23.5 Å². The Morgan fingerprint density at radius 1 is 0.829 bits per heavy atom. The van der Waals surface area contributed by atoms with Gasteiger partial charge in [0, 0.05) is 29.1 Å². The highest BCUT2D eigenvalue weighted by Crippen LogP contribution is 2.38. The van der Waals surface area contributed by atoms with Crippen molar-refractivity contribution < 1.29 is 14.2 Å². The standard InChI is InChI=1S/C28H26N4O3/c1-33-21-7-8-24-22(14-21)28-23(16-30-24)27(18-5-9-25(34-2)26(13-18)35-3)31-32(28)20-6-4-17-10-11-29-15-19(17)12-20/h4-9,12-14,16,29H,10-11,15H2,1-3H3. The molecule has 0 atom stereocenters. The number of rotatable bonds is 5. The maximum Gasteiger partial charge on any atom is 0.161 e. The third-order valence-electron chi connectivity index (χ3n) is 6.69. The van der Waals surface area contributed by atoms with E-state index in [4.69, 9.17) is 24.3 Å². The number of hydrogen-bond donors (Lipinski definition) is 1. The van der Waals surface area contributed by atoms with Crippen molar-refractivity contribution >= 4 is 21.8 Å². The SMILES string of the molecule is COc1ccc2ncc3c(-c4ccc(OC)c(OC)c4)nn(-c4ccc5c(c4)CNCC5)c3c2c1. The van der Waals surface area contributed by atoms with Crippen LogP contribution in [-0.4, -0.2) is 42.6 Å². The third-order valence-corrected chi connectivity index (χ3v) is 6.69. The molecule has 0 fully saturated rings. The molecular formula is C28H26N4O3. The molecule has 3 heterocycles. The van der Waals surface area contributed by atoms with Crippen LogP contribution in [-0.2, 0) is 13.0 Å². The predicted molar refractivity (Wildman–Crippen MR) is 137 cm³/mol. The Bertz CT molecular complexity index is 1570. The van der Waals surface area contributed by atoms with E-state index in [-0.39, 0.29) is 0 Å². The number of nitrogens with zero attached hydrogens (tertiary/aromatic N) is 3. The fourth-order valence-corrected chi connectivity index (χ4v) is 4.87. The van der Waals surface area contributed by atoms with Crippen LogP contribution >= 0.6 is 0 Å². The Morgan fingerprint density at radius 2 is 1.71 bits per heavy atom. The van der Waals surface area contributed by atoms with Gasteiger partial charge in [-0.15, -0.1) is 0 Å². The van der Waals surface area contributed by atoms with E-state index in [1.807, 2.05) is 47.3 Å². The third kappa shape index (κ3) is 3.56. The summed E-state index contributed by atoms with van der Waals surface area (Å²) in [7, 11) is 4.95. The second kappa shape index (κ2) is 8.60. The second-order valence-electron chi connectivity index (χ2n) is 8.61. The first-order valence-electron chi connectivity index (χ1n) is 11.6. The summed E-state index contributed by atoms with van der Waals surface area (Å²) in [4.78, 5) is 4.75. The van der Waals surface area contributed by atoms with Gasteiger partial charge in [0.15, 0.2) is 11.5 Å².